The monoisotopic (exact) mass is 612 g/mol. The fourth-order valence-electron chi connectivity index (χ4n) is 6.25. The van der Waals surface area contributed by atoms with Gasteiger partial charge in [0.25, 0.3) is 0 Å². The van der Waals surface area contributed by atoms with Crippen LogP contribution in [0.15, 0.2) is 24.4 Å². The fourth-order valence-corrected chi connectivity index (χ4v) is 6.25. The van der Waals surface area contributed by atoms with E-state index in [0.29, 0.717) is 0 Å². The lowest BCUT2D eigenvalue weighted by molar-refractivity contribution is 0.303. The molecular formula is C42H77NO. The van der Waals surface area contributed by atoms with Crippen molar-refractivity contribution >= 4 is 6.08 Å². The third-order valence-electron chi connectivity index (χ3n) is 9.29. The van der Waals surface area contributed by atoms with Gasteiger partial charge in [0.2, 0.25) is 0 Å². The van der Waals surface area contributed by atoms with Crippen molar-refractivity contribution in [2.45, 2.75) is 219 Å². The summed E-state index contributed by atoms with van der Waals surface area (Å²) in [4.78, 5) is 4.57. The second-order valence-corrected chi connectivity index (χ2v) is 13.7. The van der Waals surface area contributed by atoms with Crippen LogP contribution in [0.4, 0.5) is 0 Å². The van der Waals surface area contributed by atoms with Crippen molar-refractivity contribution in [1.82, 2.24) is 4.98 Å². The van der Waals surface area contributed by atoms with Gasteiger partial charge in [0.1, 0.15) is 5.75 Å². The smallest absolute Gasteiger partial charge is 0.137 e. The van der Waals surface area contributed by atoms with Gasteiger partial charge in [-0.1, -0.05) is 206 Å². The number of rotatable bonds is 35. The Kier molecular flexibility index (Phi) is 32.0. The molecule has 0 aliphatic rings. The number of hydrogen-bond acceptors (Lipinski definition) is 2. The Labute approximate surface area is 277 Å². The van der Waals surface area contributed by atoms with Crippen LogP contribution < -0.4 is 4.74 Å². The molecule has 1 aromatic rings. The van der Waals surface area contributed by atoms with Crippen LogP contribution in [0.2, 0.25) is 0 Å². The molecule has 0 aromatic carbocycles. The Morgan fingerprint density at radius 1 is 0.455 bits per heavy atom. The molecule has 0 unspecified atom stereocenters. The molecule has 2 heteroatoms. The minimum atomic E-state index is 0.814. The highest BCUT2D eigenvalue weighted by Gasteiger charge is 1.98. The molecule has 0 saturated carbocycles. The molecule has 1 aromatic heterocycles. The van der Waals surface area contributed by atoms with E-state index < -0.39 is 0 Å². The van der Waals surface area contributed by atoms with Crippen LogP contribution >= 0.6 is 0 Å². The summed E-state index contributed by atoms with van der Waals surface area (Å²) in [5.41, 5.74) is 1.04. The lowest BCUT2D eigenvalue weighted by atomic mass is 10.0. The van der Waals surface area contributed by atoms with Crippen molar-refractivity contribution in [2.24, 2.45) is 0 Å². The Morgan fingerprint density at radius 2 is 0.818 bits per heavy atom. The molecule has 0 saturated heterocycles. The van der Waals surface area contributed by atoms with E-state index in [1.165, 1.54) is 193 Å². The van der Waals surface area contributed by atoms with Gasteiger partial charge in [0, 0.05) is 0 Å². The summed E-state index contributed by atoms with van der Waals surface area (Å²) in [6.45, 7) is 5.41. The van der Waals surface area contributed by atoms with Crippen LogP contribution in [-0.2, 0) is 0 Å². The zero-order chi connectivity index (χ0) is 31.4. The Balaban J connectivity index is 1.83. The van der Waals surface area contributed by atoms with Crippen LogP contribution in [0.1, 0.15) is 225 Å². The first kappa shape index (κ1) is 40.7. The molecule has 0 N–H and O–H groups in total. The molecular weight excluding hydrogens is 534 g/mol. The molecule has 0 aliphatic carbocycles. The summed E-state index contributed by atoms with van der Waals surface area (Å²) in [6, 6.07) is 4.17. The number of allylic oxidation sites excluding steroid dienone is 1. The molecule has 1 rings (SSSR count). The van der Waals surface area contributed by atoms with Gasteiger partial charge in [-0.05, 0) is 37.5 Å². The van der Waals surface area contributed by atoms with E-state index in [4.69, 9.17) is 4.74 Å². The molecule has 256 valence electrons. The maximum atomic E-state index is 5.93. The molecule has 0 spiro atoms. The average Bonchev–Trinajstić information content (AvgIpc) is 3.04. The van der Waals surface area contributed by atoms with Gasteiger partial charge in [-0.25, -0.2) is 0 Å². The molecule has 44 heavy (non-hydrogen) atoms. The zero-order valence-electron chi connectivity index (χ0n) is 30.1. The number of unbranched alkanes of at least 4 members (excludes halogenated alkanes) is 30. The number of pyridine rings is 1. The predicted molar refractivity (Wildman–Crippen MR) is 198 cm³/mol. The highest BCUT2D eigenvalue weighted by molar-refractivity contribution is 5.45. The van der Waals surface area contributed by atoms with E-state index in [1.54, 1.807) is 0 Å². The first-order valence-corrected chi connectivity index (χ1v) is 20.1. The van der Waals surface area contributed by atoms with Gasteiger partial charge in [-0.15, -0.1) is 0 Å². The van der Waals surface area contributed by atoms with Crippen molar-refractivity contribution in [3.05, 3.63) is 30.1 Å². The van der Waals surface area contributed by atoms with Crippen LogP contribution in [0.25, 0.3) is 6.08 Å². The molecule has 0 bridgehead atoms. The van der Waals surface area contributed by atoms with Crippen molar-refractivity contribution in [3.8, 4) is 5.75 Å². The molecule has 2 nitrogen and oxygen atoms in total. The third-order valence-corrected chi connectivity index (χ3v) is 9.29. The lowest BCUT2D eigenvalue weighted by Crippen LogP contribution is -1.98. The predicted octanol–water partition coefficient (Wildman–Crippen LogP) is 15.0. The van der Waals surface area contributed by atoms with E-state index >= 15 is 0 Å². The maximum absolute atomic E-state index is 5.93. The van der Waals surface area contributed by atoms with Crippen molar-refractivity contribution < 1.29 is 4.74 Å². The first-order valence-electron chi connectivity index (χ1n) is 20.1. The largest absolute Gasteiger partial charge is 0.492 e. The maximum Gasteiger partial charge on any atom is 0.137 e. The fraction of sp³-hybridized carbons (Fsp3) is 0.833. The number of nitrogens with zero attached hydrogens (tertiary/aromatic N) is 1. The molecule has 0 atom stereocenters. The highest BCUT2D eigenvalue weighted by Crippen LogP contribution is 2.16. The summed E-state index contributed by atoms with van der Waals surface area (Å²) >= 11 is 0. The summed E-state index contributed by atoms with van der Waals surface area (Å²) < 4.78 is 5.93. The standard InChI is InChI=1S/C42H77NO/c1-3-5-7-9-11-13-15-17-19-21-22-24-26-28-30-32-34-36-41-37-38-42(40-43-41)44-39-35-33-31-29-27-25-23-20-18-16-14-12-10-8-6-4-2/h34,36-38,40H,3-33,35,39H2,1-2H3. The van der Waals surface area contributed by atoms with Gasteiger partial charge in [0.15, 0.2) is 0 Å². The topological polar surface area (TPSA) is 22.1 Å². The Bertz CT molecular complexity index is 696. The Hall–Kier alpha value is -1.31. The third kappa shape index (κ3) is 29.4. The van der Waals surface area contributed by atoms with E-state index in [-0.39, 0.29) is 0 Å². The quantitative estimate of drug-likeness (QED) is 0.0712. The average molecular weight is 612 g/mol. The molecule has 0 radical (unpaired) electrons. The molecule has 0 fully saturated rings. The zero-order valence-corrected chi connectivity index (χ0v) is 30.1. The van der Waals surface area contributed by atoms with E-state index in [2.05, 4.69) is 43.1 Å². The minimum absolute atomic E-state index is 0.814. The summed E-state index contributed by atoms with van der Waals surface area (Å²) in [5, 5.41) is 0. The normalized spacial score (nSPS) is 11.6. The number of hydrogen-bond donors (Lipinski definition) is 0. The number of aromatic nitrogens is 1. The summed E-state index contributed by atoms with van der Waals surface area (Å²) in [7, 11) is 0. The van der Waals surface area contributed by atoms with Crippen LogP contribution in [0, 0.1) is 0 Å². The molecule has 0 aliphatic heterocycles. The van der Waals surface area contributed by atoms with Crippen LogP contribution in [-0.4, -0.2) is 11.6 Å². The van der Waals surface area contributed by atoms with Gasteiger partial charge in [0.05, 0.1) is 18.5 Å². The van der Waals surface area contributed by atoms with Crippen molar-refractivity contribution in [2.75, 3.05) is 6.61 Å². The van der Waals surface area contributed by atoms with E-state index in [0.717, 1.165) is 30.9 Å². The minimum Gasteiger partial charge on any atom is -0.492 e. The second-order valence-electron chi connectivity index (χ2n) is 13.7. The van der Waals surface area contributed by atoms with Crippen LogP contribution in [0.5, 0.6) is 5.75 Å². The summed E-state index contributed by atoms with van der Waals surface area (Å²) in [6.07, 6.45) is 51.3. The molecule has 1 heterocycles. The van der Waals surface area contributed by atoms with Crippen molar-refractivity contribution in [1.29, 1.82) is 0 Å². The van der Waals surface area contributed by atoms with Gasteiger partial charge in [-0.2, -0.15) is 0 Å². The summed E-state index contributed by atoms with van der Waals surface area (Å²) in [5.74, 6) is 0.908. The Morgan fingerprint density at radius 3 is 1.18 bits per heavy atom. The lowest BCUT2D eigenvalue weighted by Gasteiger charge is -2.06. The molecule has 0 amide bonds. The van der Waals surface area contributed by atoms with Crippen LogP contribution in [0.3, 0.4) is 0 Å². The van der Waals surface area contributed by atoms with Crippen molar-refractivity contribution in [3.63, 3.8) is 0 Å². The van der Waals surface area contributed by atoms with Gasteiger partial charge in [-0.3, -0.25) is 4.98 Å². The first-order chi connectivity index (χ1) is 21.9. The van der Waals surface area contributed by atoms with Gasteiger partial charge < -0.3 is 4.74 Å². The van der Waals surface area contributed by atoms with Gasteiger partial charge >= 0.3 is 0 Å². The van der Waals surface area contributed by atoms with E-state index in [9.17, 15) is 0 Å². The van der Waals surface area contributed by atoms with E-state index in [1.807, 2.05) is 6.20 Å². The second kappa shape index (κ2) is 34.6. The number of ether oxygens (including phenoxy) is 1. The SMILES string of the molecule is CCCCCCCCCCCCCCCCCC=Cc1ccc(OCCCCCCCCCCCCCCCCCC)cn1. The highest BCUT2D eigenvalue weighted by atomic mass is 16.5.